The molecule has 0 saturated heterocycles. The fraction of sp³-hybridized carbons (Fsp3) is 0.190. The Morgan fingerprint density at radius 2 is 1.86 bits per heavy atom. The van der Waals surface area contributed by atoms with Gasteiger partial charge in [0.05, 0.1) is 11.0 Å². The van der Waals surface area contributed by atoms with Crippen molar-refractivity contribution in [1.29, 1.82) is 0 Å². The van der Waals surface area contributed by atoms with Gasteiger partial charge in [-0.3, -0.25) is 4.79 Å². The highest BCUT2D eigenvalue weighted by molar-refractivity contribution is 6.16. The van der Waals surface area contributed by atoms with Crippen LogP contribution >= 0.6 is 0 Å². The molecule has 142 valence electrons. The number of fused-ring (bicyclic) bond motifs is 2. The summed E-state index contributed by atoms with van der Waals surface area (Å²) in [5.41, 5.74) is 9.37. The number of carbonyl (C=O) groups is 1. The zero-order valence-corrected chi connectivity index (χ0v) is 15.6. The van der Waals surface area contributed by atoms with Crippen molar-refractivity contribution in [3.05, 3.63) is 59.9 Å². The minimum absolute atomic E-state index is 0.248. The summed E-state index contributed by atoms with van der Waals surface area (Å²) in [7, 11) is 0. The molecule has 0 atom stereocenters. The minimum Gasteiger partial charge on any atom is -0.384 e. The van der Waals surface area contributed by atoms with Gasteiger partial charge in [-0.2, -0.15) is 0 Å². The SMILES string of the molecule is CC(C)Cn1c(N)c(C(=O)Nc2cccc(F)c2)c2nc3ccccc3nc21. The fourth-order valence-electron chi connectivity index (χ4n) is 3.25. The molecule has 0 aliphatic carbocycles. The van der Waals surface area contributed by atoms with E-state index in [1.54, 1.807) is 6.07 Å². The third-order valence-electron chi connectivity index (χ3n) is 4.45. The van der Waals surface area contributed by atoms with Gasteiger partial charge in [-0.25, -0.2) is 14.4 Å². The lowest BCUT2D eigenvalue weighted by Crippen LogP contribution is -2.15. The second-order valence-electron chi connectivity index (χ2n) is 7.11. The number of nitrogens with two attached hydrogens (primary N) is 1. The second-order valence-corrected chi connectivity index (χ2v) is 7.11. The molecule has 4 rings (SSSR count). The van der Waals surface area contributed by atoms with Crippen molar-refractivity contribution in [2.75, 3.05) is 11.1 Å². The van der Waals surface area contributed by atoms with Crippen LogP contribution in [-0.4, -0.2) is 20.4 Å². The second kappa shape index (κ2) is 6.92. The van der Waals surface area contributed by atoms with Gasteiger partial charge in [0.2, 0.25) is 0 Å². The Labute approximate surface area is 161 Å². The molecule has 2 aromatic heterocycles. The van der Waals surface area contributed by atoms with Gasteiger partial charge in [0, 0.05) is 12.2 Å². The van der Waals surface area contributed by atoms with E-state index in [2.05, 4.69) is 24.1 Å². The van der Waals surface area contributed by atoms with Crippen LogP contribution in [0.5, 0.6) is 0 Å². The Morgan fingerprint density at radius 3 is 2.54 bits per heavy atom. The van der Waals surface area contributed by atoms with E-state index in [0.29, 0.717) is 40.6 Å². The summed E-state index contributed by atoms with van der Waals surface area (Å²) in [5.74, 6) is -0.280. The van der Waals surface area contributed by atoms with Gasteiger partial charge in [0.15, 0.2) is 5.65 Å². The number of amides is 1. The Hall–Kier alpha value is -3.48. The van der Waals surface area contributed by atoms with Gasteiger partial charge in [-0.05, 0) is 36.2 Å². The maximum Gasteiger partial charge on any atom is 0.261 e. The van der Waals surface area contributed by atoms with Gasteiger partial charge in [-0.1, -0.05) is 32.0 Å². The summed E-state index contributed by atoms with van der Waals surface area (Å²) in [6.07, 6.45) is 0. The van der Waals surface area contributed by atoms with Gasteiger partial charge >= 0.3 is 0 Å². The first-order valence-electron chi connectivity index (χ1n) is 9.05. The van der Waals surface area contributed by atoms with Crippen LogP contribution in [0.3, 0.4) is 0 Å². The van der Waals surface area contributed by atoms with E-state index >= 15 is 0 Å². The molecule has 0 aliphatic heterocycles. The van der Waals surface area contributed by atoms with Crippen molar-refractivity contribution in [2.24, 2.45) is 5.92 Å². The number of hydrogen-bond donors (Lipinski definition) is 2. The lowest BCUT2D eigenvalue weighted by Gasteiger charge is -2.10. The molecule has 7 heteroatoms. The highest BCUT2D eigenvalue weighted by Gasteiger charge is 2.24. The Morgan fingerprint density at radius 1 is 1.14 bits per heavy atom. The molecule has 2 heterocycles. The normalized spacial score (nSPS) is 11.4. The molecule has 2 aromatic carbocycles. The maximum atomic E-state index is 13.5. The number of nitrogens with one attached hydrogen (secondary N) is 1. The lowest BCUT2D eigenvalue weighted by molar-refractivity contribution is 0.102. The third-order valence-corrected chi connectivity index (χ3v) is 4.45. The average molecular weight is 377 g/mol. The minimum atomic E-state index is -0.444. The number of aromatic nitrogens is 3. The molecule has 1 amide bonds. The van der Waals surface area contributed by atoms with Crippen molar-refractivity contribution in [3.8, 4) is 0 Å². The first-order valence-corrected chi connectivity index (χ1v) is 9.05. The van der Waals surface area contributed by atoms with Crippen LogP contribution in [0.2, 0.25) is 0 Å². The Balaban J connectivity index is 1.89. The molecule has 3 N–H and O–H groups in total. The van der Waals surface area contributed by atoms with Crippen LogP contribution < -0.4 is 11.1 Å². The smallest absolute Gasteiger partial charge is 0.261 e. The van der Waals surface area contributed by atoms with Gasteiger partial charge in [-0.15, -0.1) is 0 Å². The number of nitrogens with zero attached hydrogens (tertiary/aromatic N) is 3. The summed E-state index contributed by atoms with van der Waals surface area (Å²) in [6.45, 7) is 4.72. The number of benzene rings is 2. The third kappa shape index (κ3) is 3.15. The van der Waals surface area contributed by atoms with E-state index in [1.165, 1.54) is 18.2 Å². The van der Waals surface area contributed by atoms with E-state index in [4.69, 9.17) is 10.7 Å². The Kier molecular flexibility index (Phi) is 4.43. The highest BCUT2D eigenvalue weighted by Crippen LogP contribution is 2.29. The first-order chi connectivity index (χ1) is 13.4. The van der Waals surface area contributed by atoms with Crippen LogP contribution in [0.4, 0.5) is 15.9 Å². The number of carbonyl (C=O) groups excluding carboxylic acids is 1. The van der Waals surface area contributed by atoms with Crippen LogP contribution in [0.15, 0.2) is 48.5 Å². The summed E-state index contributed by atoms with van der Waals surface area (Å²) in [5, 5.41) is 2.71. The van der Waals surface area contributed by atoms with E-state index in [0.717, 1.165) is 5.52 Å². The molecule has 0 aliphatic rings. The monoisotopic (exact) mass is 377 g/mol. The van der Waals surface area contributed by atoms with Crippen LogP contribution in [-0.2, 0) is 6.54 Å². The van der Waals surface area contributed by atoms with Gasteiger partial charge < -0.3 is 15.6 Å². The zero-order valence-electron chi connectivity index (χ0n) is 15.6. The number of rotatable bonds is 4. The van der Waals surface area contributed by atoms with Crippen molar-refractivity contribution in [2.45, 2.75) is 20.4 Å². The first kappa shape index (κ1) is 17.9. The molecular weight excluding hydrogens is 357 g/mol. The van der Waals surface area contributed by atoms with E-state index in [9.17, 15) is 9.18 Å². The molecular formula is C21H20FN5O. The molecule has 6 nitrogen and oxygen atoms in total. The predicted molar refractivity (Wildman–Crippen MR) is 109 cm³/mol. The number of hydrogen-bond acceptors (Lipinski definition) is 4. The molecule has 0 fully saturated rings. The summed E-state index contributed by atoms with van der Waals surface area (Å²) < 4.78 is 15.3. The molecule has 0 radical (unpaired) electrons. The fourth-order valence-corrected chi connectivity index (χ4v) is 3.25. The lowest BCUT2D eigenvalue weighted by atomic mass is 10.2. The molecule has 0 saturated carbocycles. The van der Waals surface area contributed by atoms with Crippen LogP contribution in [0.1, 0.15) is 24.2 Å². The number of anilines is 2. The maximum absolute atomic E-state index is 13.5. The molecule has 28 heavy (non-hydrogen) atoms. The molecule has 4 aromatic rings. The number of halogens is 1. The standard InChI is InChI=1S/C21H20FN5O/c1-12(2)11-27-19(23)17(21(28)24-14-7-5-6-13(22)10-14)18-20(27)26-16-9-4-3-8-15(16)25-18/h3-10,12H,11,23H2,1-2H3,(H,24,28). The largest absolute Gasteiger partial charge is 0.384 e. The Bertz CT molecular complexity index is 1200. The average Bonchev–Trinajstić information content (AvgIpc) is 2.90. The summed E-state index contributed by atoms with van der Waals surface area (Å²) in [4.78, 5) is 22.3. The summed E-state index contributed by atoms with van der Waals surface area (Å²) >= 11 is 0. The van der Waals surface area contributed by atoms with Gasteiger partial charge in [0.1, 0.15) is 22.7 Å². The number of nitrogen functional groups attached to an aromatic ring is 1. The van der Waals surface area contributed by atoms with Crippen molar-refractivity contribution in [3.63, 3.8) is 0 Å². The molecule has 0 spiro atoms. The predicted octanol–water partition coefficient (Wildman–Crippen LogP) is 4.21. The van der Waals surface area contributed by atoms with Crippen molar-refractivity contribution in [1.82, 2.24) is 14.5 Å². The van der Waals surface area contributed by atoms with Crippen LogP contribution in [0, 0.1) is 11.7 Å². The van der Waals surface area contributed by atoms with E-state index in [-0.39, 0.29) is 5.56 Å². The van der Waals surface area contributed by atoms with E-state index < -0.39 is 11.7 Å². The summed E-state index contributed by atoms with van der Waals surface area (Å²) in [6, 6.07) is 13.2. The van der Waals surface area contributed by atoms with Crippen molar-refractivity contribution < 1.29 is 9.18 Å². The molecule has 0 bridgehead atoms. The zero-order chi connectivity index (χ0) is 19.8. The topological polar surface area (TPSA) is 85.8 Å². The van der Waals surface area contributed by atoms with E-state index in [1.807, 2.05) is 28.8 Å². The van der Waals surface area contributed by atoms with Crippen molar-refractivity contribution >= 4 is 39.6 Å². The van der Waals surface area contributed by atoms with Crippen LogP contribution in [0.25, 0.3) is 22.2 Å². The van der Waals surface area contributed by atoms with Gasteiger partial charge in [0.25, 0.3) is 5.91 Å². The molecule has 0 unspecified atom stereocenters. The highest BCUT2D eigenvalue weighted by atomic mass is 19.1. The number of para-hydroxylation sites is 2. The quantitative estimate of drug-likeness (QED) is 0.558.